The molecule has 0 heterocycles. The zero-order valence-electron chi connectivity index (χ0n) is 16.3. The number of hydrogen-bond acceptors (Lipinski definition) is 4. The molecule has 1 unspecified atom stereocenters. The number of nitrogens with zero attached hydrogens (tertiary/aromatic N) is 1. The van der Waals surface area contributed by atoms with Crippen molar-refractivity contribution in [1.29, 1.82) is 0 Å². The lowest BCUT2D eigenvalue weighted by molar-refractivity contribution is 0.321. The number of benzene rings is 2. The van der Waals surface area contributed by atoms with Crippen LogP contribution in [0.4, 0.5) is 0 Å². The minimum Gasteiger partial charge on any atom is -0.492 e. The van der Waals surface area contributed by atoms with Crippen molar-refractivity contribution in [1.82, 2.24) is 10.6 Å². The molecule has 0 aromatic heterocycles. The van der Waals surface area contributed by atoms with E-state index in [1.165, 1.54) is 18.4 Å². The second-order valence-corrected chi connectivity index (χ2v) is 8.96. The number of hydrogen-bond donors (Lipinski definition) is 2. The van der Waals surface area contributed by atoms with Gasteiger partial charge in [0.1, 0.15) is 12.4 Å². The van der Waals surface area contributed by atoms with Gasteiger partial charge in [0.05, 0.1) is 27.5 Å². The SMILES string of the molecule is CN=C(NCCOc1ccc(S(C)(=O)=O)cc1)NC(C)c1ccc(Cl)c(Cl)c1.I. The van der Waals surface area contributed by atoms with Gasteiger partial charge in [0.2, 0.25) is 0 Å². The van der Waals surface area contributed by atoms with Crippen molar-refractivity contribution in [3.8, 4) is 5.75 Å². The lowest BCUT2D eigenvalue weighted by atomic mass is 10.1. The van der Waals surface area contributed by atoms with Gasteiger partial charge in [0, 0.05) is 13.3 Å². The Morgan fingerprint density at radius 3 is 2.34 bits per heavy atom. The molecule has 0 aliphatic carbocycles. The highest BCUT2D eigenvalue weighted by molar-refractivity contribution is 14.0. The van der Waals surface area contributed by atoms with E-state index in [1.807, 2.05) is 19.1 Å². The second-order valence-electron chi connectivity index (χ2n) is 6.13. The summed E-state index contributed by atoms with van der Waals surface area (Å²) in [5.41, 5.74) is 0.986. The van der Waals surface area contributed by atoms with Crippen molar-refractivity contribution < 1.29 is 13.2 Å². The Labute approximate surface area is 199 Å². The molecule has 6 nitrogen and oxygen atoms in total. The Bertz CT molecular complexity index is 938. The molecule has 10 heteroatoms. The third-order valence-corrected chi connectivity index (χ3v) is 5.80. The van der Waals surface area contributed by atoms with Gasteiger partial charge in [-0.1, -0.05) is 29.3 Å². The smallest absolute Gasteiger partial charge is 0.191 e. The van der Waals surface area contributed by atoms with Gasteiger partial charge in [-0.15, -0.1) is 24.0 Å². The first kappa shape index (κ1) is 25.8. The minimum atomic E-state index is -3.21. The maximum absolute atomic E-state index is 11.5. The number of aliphatic imine (C=N–C) groups is 1. The number of halogens is 3. The van der Waals surface area contributed by atoms with Crippen LogP contribution in [0, 0.1) is 0 Å². The number of sulfone groups is 1. The van der Waals surface area contributed by atoms with Gasteiger partial charge in [-0.3, -0.25) is 4.99 Å². The second kappa shape index (κ2) is 11.8. The van der Waals surface area contributed by atoms with E-state index in [-0.39, 0.29) is 34.9 Å². The van der Waals surface area contributed by atoms with Crippen LogP contribution in [0.1, 0.15) is 18.5 Å². The third-order valence-electron chi connectivity index (χ3n) is 3.94. The monoisotopic (exact) mass is 571 g/mol. The fraction of sp³-hybridized carbons (Fsp3) is 0.316. The van der Waals surface area contributed by atoms with Crippen LogP contribution in [0.3, 0.4) is 0 Å². The van der Waals surface area contributed by atoms with E-state index >= 15 is 0 Å². The van der Waals surface area contributed by atoms with Crippen LogP contribution in [-0.2, 0) is 9.84 Å². The van der Waals surface area contributed by atoms with Crippen molar-refractivity contribution in [3.63, 3.8) is 0 Å². The Hall–Kier alpha value is -1.23. The van der Waals surface area contributed by atoms with Gasteiger partial charge < -0.3 is 15.4 Å². The molecular formula is C19H24Cl2IN3O3S. The van der Waals surface area contributed by atoms with Crippen LogP contribution >= 0.6 is 47.2 Å². The first-order valence-corrected chi connectivity index (χ1v) is 11.2. The molecular weight excluding hydrogens is 548 g/mol. The molecule has 0 aliphatic rings. The number of guanidine groups is 1. The van der Waals surface area contributed by atoms with Crippen molar-refractivity contribution in [2.45, 2.75) is 17.9 Å². The first-order chi connectivity index (χ1) is 13.2. The lowest BCUT2D eigenvalue weighted by Gasteiger charge is -2.19. The van der Waals surface area contributed by atoms with E-state index in [2.05, 4.69) is 15.6 Å². The molecule has 2 rings (SSSR count). The quantitative estimate of drug-likeness (QED) is 0.224. The molecule has 0 spiro atoms. The van der Waals surface area contributed by atoms with E-state index < -0.39 is 9.84 Å². The molecule has 160 valence electrons. The maximum Gasteiger partial charge on any atom is 0.191 e. The summed E-state index contributed by atoms with van der Waals surface area (Å²) >= 11 is 12.0. The van der Waals surface area contributed by atoms with E-state index in [0.29, 0.717) is 34.9 Å². The Balaban J connectivity index is 0.00000420. The summed E-state index contributed by atoms with van der Waals surface area (Å²) in [6.07, 6.45) is 1.17. The van der Waals surface area contributed by atoms with Crippen LogP contribution < -0.4 is 15.4 Å². The molecule has 0 radical (unpaired) electrons. The standard InChI is InChI=1S/C19H23Cl2N3O3S.HI/c1-13(14-4-9-17(20)18(21)12-14)24-19(22-2)23-10-11-27-15-5-7-16(8-6-15)28(3,25)26;/h4-9,12-13H,10-11H2,1-3H3,(H2,22,23,24);1H. The number of nitrogens with one attached hydrogen (secondary N) is 2. The summed E-state index contributed by atoms with van der Waals surface area (Å²) in [7, 11) is -1.52. The highest BCUT2D eigenvalue weighted by Crippen LogP contribution is 2.25. The highest BCUT2D eigenvalue weighted by atomic mass is 127. The number of ether oxygens (including phenoxy) is 1. The average molecular weight is 572 g/mol. The summed E-state index contributed by atoms with van der Waals surface area (Å²) in [5, 5.41) is 7.45. The van der Waals surface area contributed by atoms with E-state index in [0.717, 1.165) is 5.56 Å². The summed E-state index contributed by atoms with van der Waals surface area (Å²) in [6.45, 7) is 2.90. The van der Waals surface area contributed by atoms with E-state index in [1.54, 1.807) is 25.2 Å². The first-order valence-electron chi connectivity index (χ1n) is 8.55. The van der Waals surface area contributed by atoms with Gasteiger partial charge in [-0.2, -0.15) is 0 Å². The molecule has 2 aromatic carbocycles. The van der Waals surface area contributed by atoms with Crippen molar-refractivity contribution >= 4 is 63.0 Å². The molecule has 0 fully saturated rings. The molecule has 2 aromatic rings. The van der Waals surface area contributed by atoms with Gasteiger partial charge in [-0.25, -0.2) is 8.42 Å². The van der Waals surface area contributed by atoms with Gasteiger partial charge >= 0.3 is 0 Å². The van der Waals surface area contributed by atoms with Gasteiger partial charge in [-0.05, 0) is 48.9 Å². The molecule has 29 heavy (non-hydrogen) atoms. The fourth-order valence-corrected chi connectivity index (χ4v) is 3.32. The largest absolute Gasteiger partial charge is 0.492 e. The summed E-state index contributed by atoms with van der Waals surface area (Å²) in [6, 6.07) is 11.8. The van der Waals surface area contributed by atoms with Crippen molar-refractivity contribution in [3.05, 3.63) is 58.1 Å². The van der Waals surface area contributed by atoms with Crippen LogP contribution in [0.2, 0.25) is 10.0 Å². The van der Waals surface area contributed by atoms with Crippen LogP contribution in [0.15, 0.2) is 52.4 Å². The molecule has 1 atom stereocenters. The molecule has 0 saturated heterocycles. The van der Waals surface area contributed by atoms with Crippen molar-refractivity contribution in [2.75, 3.05) is 26.5 Å². The summed E-state index contributed by atoms with van der Waals surface area (Å²) in [5.74, 6) is 1.22. The Morgan fingerprint density at radius 2 is 1.79 bits per heavy atom. The summed E-state index contributed by atoms with van der Waals surface area (Å²) < 4.78 is 28.5. The van der Waals surface area contributed by atoms with E-state index in [4.69, 9.17) is 27.9 Å². The zero-order chi connectivity index (χ0) is 20.7. The van der Waals surface area contributed by atoms with Crippen LogP contribution in [0.5, 0.6) is 5.75 Å². The average Bonchev–Trinajstić information content (AvgIpc) is 2.65. The zero-order valence-corrected chi connectivity index (χ0v) is 20.9. The summed E-state index contributed by atoms with van der Waals surface area (Å²) in [4.78, 5) is 4.45. The molecule has 0 saturated carbocycles. The predicted molar refractivity (Wildman–Crippen MR) is 130 cm³/mol. The van der Waals surface area contributed by atoms with E-state index in [9.17, 15) is 8.42 Å². The number of rotatable bonds is 7. The third kappa shape index (κ3) is 8.19. The van der Waals surface area contributed by atoms with Gasteiger partial charge in [0.25, 0.3) is 0 Å². The predicted octanol–water partition coefficient (Wildman–Crippen LogP) is 4.32. The van der Waals surface area contributed by atoms with Gasteiger partial charge in [0.15, 0.2) is 15.8 Å². The Morgan fingerprint density at radius 1 is 1.14 bits per heavy atom. The normalized spacial score (nSPS) is 12.7. The van der Waals surface area contributed by atoms with Crippen molar-refractivity contribution in [2.24, 2.45) is 4.99 Å². The lowest BCUT2D eigenvalue weighted by Crippen LogP contribution is -2.40. The Kier molecular flexibility index (Phi) is 10.5. The highest BCUT2D eigenvalue weighted by Gasteiger charge is 2.10. The van der Waals surface area contributed by atoms with Crippen LogP contribution in [-0.4, -0.2) is 40.8 Å². The maximum atomic E-state index is 11.5. The molecule has 2 N–H and O–H groups in total. The molecule has 0 amide bonds. The minimum absolute atomic E-state index is 0. The molecule has 0 aliphatic heterocycles. The topological polar surface area (TPSA) is 79.8 Å². The van der Waals surface area contributed by atoms with Crippen LogP contribution in [0.25, 0.3) is 0 Å². The molecule has 0 bridgehead atoms. The fourth-order valence-electron chi connectivity index (χ4n) is 2.39.